The Morgan fingerprint density at radius 3 is 2.50 bits per heavy atom. The van der Waals surface area contributed by atoms with Gasteiger partial charge in [0.1, 0.15) is 0 Å². The Balaban J connectivity index is 1.88. The fourth-order valence-electron chi connectivity index (χ4n) is 4.25. The lowest BCUT2D eigenvalue weighted by atomic mass is 9.81. The number of hydrogen-bond acceptors (Lipinski definition) is 2. The minimum absolute atomic E-state index is 0.733. The molecule has 20 heavy (non-hydrogen) atoms. The van der Waals surface area contributed by atoms with Crippen molar-refractivity contribution in [2.24, 2.45) is 0 Å². The van der Waals surface area contributed by atoms with Crippen molar-refractivity contribution >= 4 is 5.69 Å². The van der Waals surface area contributed by atoms with Gasteiger partial charge in [0.25, 0.3) is 0 Å². The van der Waals surface area contributed by atoms with Crippen LogP contribution < -0.4 is 10.2 Å². The van der Waals surface area contributed by atoms with Gasteiger partial charge in [-0.1, -0.05) is 19.1 Å². The molecule has 1 aromatic rings. The first-order chi connectivity index (χ1) is 9.70. The van der Waals surface area contributed by atoms with Crippen LogP contribution in [0.1, 0.15) is 50.2 Å². The summed E-state index contributed by atoms with van der Waals surface area (Å²) in [5.41, 5.74) is 4.40. The highest BCUT2D eigenvalue weighted by atomic mass is 15.2. The Kier molecular flexibility index (Phi) is 4.02. The Labute approximate surface area is 123 Å². The van der Waals surface area contributed by atoms with Crippen LogP contribution >= 0.6 is 0 Å². The van der Waals surface area contributed by atoms with Gasteiger partial charge in [-0.3, -0.25) is 0 Å². The van der Waals surface area contributed by atoms with Crippen LogP contribution in [0.3, 0.4) is 0 Å². The van der Waals surface area contributed by atoms with E-state index in [1.54, 1.807) is 0 Å². The Morgan fingerprint density at radius 2 is 1.85 bits per heavy atom. The van der Waals surface area contributed by atoms with E-state index < -0.39 is 0 Å². The lowest BCUT2D eigenvalue weighted by Crippen LogP contribution is -2.56. The first-order valence-electron chi connectivity index (χ1n) is 8.28. The zero-order valence-electron chi connectivity index (χ0n) is 13.2. The largest absolute Gasteiger partial charge is 0.365 e. The van der Waals surface area contributed by atoms with Crippen LogP contribution in [0.2, 0.25) is 0 Å². The van der Waals surface area contributed by atoms with Gasteiger partial charge in [-0.05, 0) is 69.7 Å². The predicted octanol–water partition coefficient (Wildman–Crippen LogP) is 3.80. The molecule has 2 aliphatic heterocycles. The summed E-state index contributed by atoms with van der Waals surface area (Å²) in [6.07, 6.45) is 6.78. The Hall–Kier alpha value is -1.02. The van der Waals surface area contributed by atoms with Gasteiger partial charge in [0.15, 0.2) is 0 Å². The van der Waals surface area contributed by atoms with Crippen molar-refractivity contribution in [2.75, 3.05) is 11.4 Å². The maximum atomic E-state index is 3.68. The molecular weight excluding hydrogens is 244 g/mol. The second kappa shape index (κ2) is 5.77. The number of nitrogens with zero attached hydrogens (tertiary/aromatic N) is 1. The third-order valence-corrected chi connectivity index (χ3v) is 5.32. The molecule has 0 radical (unpaired) electrons. The number of piperidine rings is 2. The molecule has 0 saturated carbocycles. The number of aryl methyl sites for hydroxylation is 1. The molecule has 2 nitrogen and oxygen atoms in total. The van der Waals surface area contributed by atoms with E-state index in [4.69, 9.17) is 0 Å². The van der Waals surface area contributed by atoms with Crippen LogP contribution in [0.5, 0.6) is 0 Å². The number of fused-ring (bicyclic) bond motifs is 2. The van der Waals surface area contributed by atoms with E-state index in [0.717, 1.165) is 24.7 Å². The highest BCUT2D eigenvalue weighted by Crippen LogP contribution is 2.39. The number of nitrogens with one attached hydrogen (secondary N) is 1. The zero-order valence-corrected chi connectivity index (χ0v) is 13.2. The molecule has 2 atom stereocenters. The molecule has 2 heteroatoms. The van der Waals surface area contributed by atoms with Gasteiger partial charge in [0.2, 0.25) is 0 Å². The smallest absolute Gasteiger partial charge is 0.0403 e. The average Bonchev–Trinajstić information content (AvgIpc) is 2.42. The van der Waals surface area contributed by atoms with E-state index in [0.29, 0.717) is 0 Å². The summed E-state index contributed by atoms with van der Waals surface area (Å²) < 4.78 is 0. The highest BCUT2D eigenvalue weighted by molar-refractivity contribution is 5.58. The molecule has 1 aromatic carbocycles. The summed E-state index contributed by atoms with van der Waals surface area (Å²) in [5, 5.41) is 3.68. The van der Waals surface area contributed by atoms with Gasteiger partial charge in [-0.2, -0.15) is 0 Å². The van der Waals surface area contributed by atoms with Gasteiger partial charge in [-0.25, -0.2) is 0 Å². The van der Waals surface area contributed by atoms with Crippen LogP contribution in [0.4, 0.5) is 5.69 Å². The third-order valence-electron chi connectivity index (χ3n) is 5.32. The van der Waals surface area contributed by atoms with Gasteiger partial charge in [0.05, 0.1) is 0 Å². The van der Waals surface area contributed by atoms with Crippen molar-refractivity contribution in [1.29, 1.82) is 0 Å². The summed E-state index contributed by atoms with van der Waals surface area (Å²) in [7, 11) is 0. The molecule has 1 N–H and O–H groups in total. The number of anilines is 1. The van der Waals surface area contributed by atoms with Crippen LogP contribution in [0, 0.1) is 13.8 Å². The molecule has 0 aromatic heterocycles. The van der Waals surface area contributed by atoms with Gasteiger partial charge in [-0.15, -0.1) is 0 Å². The second-order valence-corrected chi connectivity index (χ2v) is 6.59. The van der Waals surface area contributed by atoms with E-state index >= 15 is 0 Å². The molecule has 0 spiro atoms. The first kappa shape index (κ1) is 13.9. The monoisotopic (exact) mass is 272 g/mol. The maximum absolute atomic E-state index is 3.68. The molecule has 3 rings (SSSR count). The second-order valence-electron chi connectivity index (χ2n) is 6.59. The summed E-state index contributed by atoms with van der Waals surface area (Å²) in [5.74, 6) is 0. The SMILES string of the molecule is CCNC1CC2CCCC(C1)N2c1cccc(C)c1C. The van der Waals surface area contributed by atoms with E-state index in [1.165, 1.54) is 48.9 Å². The quantitative estimate of drug-likeness (QED) is 0.900. The first-order valence-corrected chi connectivity index (χ1v) is 8.28. The molecule has 2 aliphatic rings. The van der Waals surface area contributed by atoms with Crippen LogP contribution in [-0.2, 0) is 0 Å². The minimum Gasteiger partial charge on any atom is -0.365 e. The van der Waals surface area contributed by atoms with Crippen molar-refractivity contribution in [3.05, 3.63) is 29.3 Å². The van der Waals surface area contributed by atoms with Crippen molar-refractivity contribution in [1.82, 2.24) is 5.32 Å². The summed E-state index contributed by atoms with van der Waals surface area (Å²) >= 11 is 0. The molecule has 2 bridgehead atoms. The number of hydrogen-bond donors (Lipinski definition) is 1. The minimum atomic E-state index is 0.733. The molecule has 2 heterocycles. The summed E-state index contributed by atoms with van der Waals surface area (Å²) in [6.45, 7) is 7.86. The average molecular weight is 272 g/mol. The van der Waals surface area contributed by atoms with E-state index in [2.05, 4.69) is 49.2 Å². The van der Waals surface area contributed by atoms with E-state index in [1.807, 2.05) is 0 Å². The van der Waals surface area contributed by atoms with Crippen molar-refractivity contribution in [3.8, 4) is 0 Å². The van der Waals surface area contributed by atoms with Gasteiger partial charge < -0.3 is 10.2 Å². The third kappa shape index (κ3) is 2.46. The van der Waals surface area contributed by atoms with Crippen molar-refractivity contribution < 1.29 is 0 Å². The van der Waals surface area contributed by atoms with E-state index in [-0.39, 0.29) is 0 Å². The van der Waals surface area contributed by atoms with Gasteiger partial charge in [0, 0.05) is 23.8 Å². The van der Waals surface area contributed by atoms with Crippen LogP contribution in [-0.4, -0.2) is 24.7 Å². The normalized spacial score (nSPS) is 29.6. The maximum Gasteiger partial charge on any atom is 0.0403 e. The molecule has 2 fully saturated rings. The highest BCUT2D eigenvalue weighted by Gasteiger charge is 2.38. The van der Waals surface area contributed by atoms with E-state index in [9.17, 15) is 0 Å². The summed E-state index contributed by atoms with van der Waals surface area (Å²) in [6, 6.07) is 9.01. The summed E-state index contributed by atoms with van der Waals surface area (Å²) in [4.78, 5) is 2.76. The topological polar surface area (TPSA) is 15.3 Å². The fourth-order valence-corrected chi connectivity index (χ4v) is 4.25. The van der Waals surface area contributed by atoms with Crippen LogP contribution in [0.15, 0.2) is 18.2 Å². The van der Waals surface area contributed by atoms with Gasteiger partial charge >= 0.3 is 0 Å². The van der Waals surface area contributed by atoms with Crippen molar-refractivity contribution in [2.45, 2.75) is 71.0 Å². The number of rotatable bonds is 3. The zero-order chi connectivity index (χ0) is 14.1. The molecule has 2 saturated heterocycles. The molecule has 0 aliphatic carbocycles. The molecule has 2 unspecified atom stereocenters. The Bertz CT molecular complexity index is 454. The predicted molar refractivity (Wildman–Crippen MR) is 86.5 cm³/mol. The standard InChI is InChI=1S/C18H28N2/c1-4-19-15-11-16-8-6-9-17(12-15)20(16)18-10-5-7-13(2)14(18)3/h5,7,10,15-17,19H,4,6,8-9,11-12H2,1-3H3. The number of benzene rings is 1. The van der Waals surface area contributed by atoms with Crippen molar-refractivity contribution in [3.63, 3.8) is 0 Å². The molecular formula is C18H28N2. The lowest BCUT2D eigenvalue weighted by molar-refractivity contribution is 0.247. The van der Waals surface area contributed by atoms with Crippen LogP contribution in [0.25, 0.3) is 0 Å². The molecule has 110 valence electrons. The Morgan fingerprint density at radius 1 is 1.15 bits per heavy atom. The fraction of sp³-hybridized carbons (Fsp3) is 0.667. The molecule has 0 amide bonds. The lowest BCUT2D eigenvalue weighted by Gasteiger charge is -2.51.